The third-order valence-corrected chi connectivity index (χ3v) is 6.51. The van der Waals surface area contributed by atoms with Gasteiger partial charge >= 0.3 is 0 Å². The minimum Gasteiger partial charge on any atom is -0.345 e. The van der Waals surface area contributed by atoms with Crippen molar-refractivity contribution in [1.29, 1.82) is 0 Å². The fraction of sp³-hybridized carbons (Fsp3) is 0.235. The van der Waals surface area contributed by atoms with Crippen molar-refractivity contribution >= 4 is 27.7 Å². The predicted molar refractivity (Wildman–Crippen MR) is 94.7 cm³/mol. The summed E-state index contributed by atoms with van der Waals surface area (Å²) in [6.07, 6.45) is 0.875. The summed E-state index contributed by atoms with van der Waals surface area (Å²) in [5.74, 6) is 0.761. The molecular formula is C17H18N2O3S2. The molecule has 1 atom stereocenters. The first-order valence-corrected chi connectivity index (χ1v) is 10.0. The van der Waals surface area contributed by atoms with E-state index in [9.17, 15) is 13.2 Å². The molecule has 0 aliphatic carbocycles. The average Bonchev–Trinajstić information content (AvgIpc) is 2.62. The van der Waals surface area contributed by atoms with Gasteiger partial charge in [-0.25, -0.2) is 13.1 Å². The second-order valence-corrected chi connectivity index (χ2v) is 8.46. The third-order valence-electron chi connectivity index (χ3n) is 3.96. The van der Waals surface area contributed by atoms with E-state index in [-0.39, 0.29) is 16.8 Å². The van der Waals surface area contributed by atoms with Crippen molar-refractivity contribution in [2.24, 2.45) is 0 Å². The van der Waals surface area contributed by atoms with Crippen LogP contribution < -0.4 is 10.0 Å². The number of carbonyl (C=O) groups is 1. The average molecular weight is 362 g/mol. The minimum atomic E-state index is -3.49. The van der Waals surface area contributed by atoms with E-state index in [2.05, 4.69) is 16.1 Å². The zero-order valence-electron chi connectivity index (χ0n) is 13.2. The van der Waals surface area contributed by atoms with Gasteiger partial charge in [0.15, 0.2) is 0 Å². The number of nitrogens with one attached hydrogen (secondary N) is 2. The van der Waals surface area contributed by atoms with Gasteiger partial charge in [-0.15, -0.1) is 11.8 Å². The van der Waals surface area contributed by atoms with Gasteiger partial charge in [0.2, 0.25) is 10.0 Å². The molecule has 0 radical (unpaired) electrons. The second kappa shape index (κ2) is 6.96. The van der Waals surface area contributed by atoms with E-state index in [1.165, 1.54) is 36.2 Å². The standard InChI is InChI=1S/C17H18N2O3S2/c1-18-24(21,22)13-8-6-12(7-9-13)17(20)19-15-10-11-23-16-5-3-2-4-14(15)16/h2-9,15,18H,10-11H2,1H3,(H,19,20)/t15-/m0/s1. The summed E-state index contributed by atoms with van der Waals surface area (Å²) >= 11 is 1.80. The maximum atomic E-state index is 12.5. The molecule has 0 fully saturated rings. The van der Waals surface area contributed by atoms with E-state index in [1.807, 2.05) is 18.2 Å². The largest absolute Gasteiger partial charge is 0.345 e. The summed E-state index contributed by atoms with van der Waals surface area (Å²) in [4.78, 5) is 13.8. The van der Waals surface area contributed by atoms with Gasteiger partial charge in [-0.3, -0.25) is 4.79 Å². The molecule has 0 bridgehead atoms. The van der Waals surface area contributed by atoms with E-state index < -0.39 is 10.0 Å². The monoisotopic (exact) mass is 362 g/mol. The lowest BCUT2D eigenvalue weighted by atomic mass is 10.0. The highest BCUT2D eigenvalue weighted by molar-refractivity contribution is 7.99. The Hall–Kier alpha value is -1.83. The molecule has 1 heterocycles. The van der Waals surface area contributed by atoms with Crippen LogP contribution >= 0.6 is 11.8 Å². The molecule has 0 unspecified atom stereocenters. The molecule has 1 aliphatic heterocycles. The molecule has 5 nitrogen and oxygen atoms in total. The number of sulfonamides is 1. The quantitative estimate of drug-likeness (QED) is 0.876. The maximum absolute atomic E-state index is 12.5. The lowest BCUT2D eigenvalue weighted by molar-refractivity contribution is 0.0935. The van der Waals surface area contributed by atoms with E-state index in [0.717, 1.165) is 17.7 Å². The predicted octanol–water partition coefficient (Wildman–Crippen LogP) is 2.56. The maximum Gasteiger partial charge on any atom is 0.251 e. The fourth-order valence-electron chi connectivity index (χ4n) is 2.64. The van der Waals surface area contributed by atoms with E-state index in [0.29, 0.717) is 5.56 Å². The van der Waals surface area contributed by atoms with Gasteiger partial charge < -0.3 is 5.32 Å². The molecule has 1 aliphatic rings. The highest BCUT2D eigenvalue weighted by atomic mass is 32.2. The molecule has 24 heavy (non-hydrogen) atoms. The van der Waals surface area contributed by atoms with Gasteiger partial charge in [0.1, 0.15) is 0 Å². The summed E-state index contributed by atoms with van der Waals surface area (Å²) < 4.78 is 25.7. The number of hydrogen-bond acceptors (Lipinski definition) is 4. The molecule has 126 valence electrons. The van der Waals surface area contributed by atoms with Crippen molar-refractivity contribution in [1.82, 2.24) is 10.0 Å². The third kappa shape index (κ3) is 3.48. The van der Waals surface area contributed by atoms with Gasteiger partial charge in [0, 0.05) is 16.2 Å². The molecule has 2 N–H and O–H groups in total. The first-order valence-electron chi connectivity index (χ1n) is 7.57. The Balaban J connectivity index is 1.77. The van der Waals surface area contributed by atoms with Crippen molar-refractivity contribution in [2.75, 3.05) is 12.8 Å². The SMILES string of the molecule is CNS(=O)(=O)c1ccc(C(=O)N[C@H]2CCSc3ccccc32)cc1. The molecule has 0 spiro atoms. The van der Waals surface area contributed by atoms with E-state index >= 15 is 0 Å². The molecule has 0 saturated heterocycles. The number of amides is 1. The number of thioether (sulfide) groups is 1. The van der Waals surface area contributed by atoms with Gasteiger partial charge in [-0.2, -0.15) is 0 Å². The number of fused-ring (bicyclic) bond motifs is 1. The Morgan fingerprint density at radius 2 is 1.83 bits per heavy atom. The Bertz CT molecular complexity index is 848. The first-order chi connectivity index (χ1) is 11.5. The minimum absolute atomic E-state index is 0.0179. The van der Waals surface area contributed by atoms with Crippen LogP contribution in [-0.4, -0.2) is 27.1 Å². The fourth-order valence-corrected chi connectivity index (χ4v) is 4.49. The smallest absolute Gasteiger partial charge is 0.251 e. The van der Waals surface area contributed by atoms with Crippen molar-refractivity contribution in [3.05, 3.63) is 59.7 Å². The Kier molecular flexibility index (Phi) is 4.93. The van der Waals surface area contributed by atoms with Gasteiger partial charge in [0.05, 0.1) is 10.9 Å². The summed E-state index contributed by atoms with van der Waals surface area (Å²) in [7, 11) is -2.14. The number of hydrogen-bond donors (Lipinski definition) is 2. The van der Waals surface area contributed by atoms with Crippen LogP contribution in [0.5, 0.6) is 0 Å². The summed E-state index contributed by atoms with van der Waals surface area (Å²) in [6, 6.07) is 14.0. The highest BCUT2D eigenvalue weighted by Crippen LogP contribution is 2.35. The van der Waals surface area contributed by atoms with Gasteiger partial charge in [-0.1, -0.05) is 18.2 Å². The summed E-state index contributed by atoms with van der Waals surface area (Å²) in [5, 5.41) is 3.05. The van der Waals surface area contributed by atoms with Crippen LogP contribution in [0.2, 0.25) is 0 Å². The normalized spacial score (nSPS) is 17.1. The van der Waals surface area contributed by atoms with Crippen molar-refractivity contribution in [2.45, 2.75) is 22.3 Å². The van der Waals surface area contributed by atoms with Crippen molar-refractivity contribution in [3.8, 4) is 0 Å². The Morgan fingerprint density at radius 3 is 2.54 bits per heavy atom. The molecule has 3 rings (SSSR count). The highest BCUT2D eigenvalue weighted by Gasteiger charge is 2.22. The molecule has 0 aromatic heterocycles. The van der Waals surface area contributed by atoms with Crippen LogP contribution in [0, 0.1) is 0 Å². The van der Waals surface area contributed by atoms with Gasteiger partial charge in [-0.05, 0) is 49.4 Å². The van der Waals surface area contributed by atoms with Crippen molar-refractivity contribution in [3.63, 3.8) is 0 Å². The summed E-state index contributed by atoms with van der Waals surface area (Å²) in [6.45, 7) is 0. The van der Waals surface area contributed by atoms with Crippen LogP contribution in [0.3, 0.4) is 0 Å². The topological polar surface area (TPSA) is 75.3 Å². The van der Waals surface area contributed by atoms with E-state index in [4.69, 9.17) is 0 Å². The summed E-state index contributed by atoms with van der Waals surface area (Å²) in [5.41, 5.74) is 1.58. The number of benzene rings is 2. The molecule has 2 aromatic rings. The van der Waals surface area contributed by atoms with Crippen LogP contribution in [0.15, 0.2) is 58.3 Å². The molecular weight excluding hydrogens is 344 g/mol. The van der Waals surface area contributed by atoms with Crippen molar-refractivity contribution < 1.29 is 13.2 Å². The Morgan fingerprint density at radius 1 is 1.12 bits per heavy atom. The number of rotatable bonds is 4. The van der Waals surface area contributed by atoms with Crippen LogP contribution in [0.1, 0.15) is 28.4 Å². The van der Waals surface area contributed by atoms with Crippen LogP contribution in [0.25, 0.3) is 0 Å². The lowest BCUT2D eigenvalue weighted by Gasteiger charge is -2.25. The zero-order chi connectivity index (χ0) is 17.2. The van der Waals surface area contributed by atoms with E-state index in [1.54, 1.807) is 11.8 Å². The second-order valence-electron chi connectivity index (χ2n) is 5.43. The number of carbonyl (C=O) groups excluding carboxylic acids is 1. The molecule has 1 amide bonds. The molecule has 7 heteroatoms. The Labute approximate surface area is 145 Å². The van der Waals surface area contributed by atoms with Crippen LogP contribution in [0.4, 0.5) is 0 Å². The first kappa shape index (κ1) is 17.0. The van der Waals surface area contributed by atoms with Crippen LogP contribution in [-0.2, 0) is 10.0 Å². The lowest BCUT2D eigenvalue weighted by Crippen LogP contribution is -2.30. The molecule has 2 aromatic carbocycles. The molecule has 0 saturated carbocycles. The zero-order valence-corrected chi connectivity index (χ0v) is 14.8. The van der Waals surface area contributed by atoms with Gasteiger partial charge in [0.25, 0.3) is 5.91 Å².